The lowest BCUT2D eigenvalue weighted by molar-refractivity contribution is 0.199. The number of hydrogen-bond acceptors (Lipinski definition) is 2. The fraction of sp³-hybridized carbons (Fsp3) is 0.647. The molecule has 20 heavy (non-hydrogen) atoms. The molecule has 0 aliphatic carbocycles. The Morgan fingerprint density at radius 2 is 1.90 bits per heavy atom. The van der Waals surface area contributed by atoms with E-state index in [9.17, 15) is 4.39 Å². The smallest absolute Gasteiger partial charge is 0.126 e. The molecule has 0 aromatic heterocycles. The van der Waals surface area contributed by atoms with Crippen molar-refractivity contribution >= 4 is 0 Å². The van der Waals surface area contributed by atoms with Gasteiger partial charge in [-0.15, -0.1) is 0 Å². The first-order valence-electron chi connectivity index (χ1n) is 7.50. The summed E-state index contributed by atoms with van der Waals surface area (Å²) >= 11 is 0. The van der Waals surface area contributed by atoms with Crippen molar-refractivity contribution in [1.82, 2.24) is 10.2 Å². The van der Waals surface area contributed by atoms with Crippen LogP contribution in [0.1, 0.15) is 44.4 Å². The zero-order chi connectivity index (χ0) is 15.3. The minimum atomic E-state index is -0.119. The van der Waals surface area contributed by atoms with Crippen LogP contribution in [0.2, 0.25) is 0 Å². The SMILES string of the molecule is CNC(CCN(C)C(C)C(C)C)c1ccc(C)c(F)c1. The molecule has 1 aromatic rings. The monoisotopic (exact) mass is 280 g/mol. The molecule has 1 aromatic carbocycles. The molecular weight excluding hydrogens is 251 g/mol. The Balaban J connectivity index is 2.65. The van der Waals surface area contributed by atoms with Gasteiger partial charge in [0.05, 0.1) is 0 Å². The molecule has 0 spiro atoms. The highest BCUT2D eigenvalue weighted by Crippen LogP contribution is 2.20. The van der Waals surface area contributed by atoms with Crippen LogP contribution in [0.3, 0.4) is 0 Å². The summed E-state index contributed by atoms with van der Waals surface area (Å²) in [7, 11) is 4.10. The van der Waals surface area contributed by atoms with Crippen molar-refractivity contribution in [3.8, 4) is 0 Å². The molecule has 1 N–H and O–H groups in total. The van der Waals surface area contributed by atoms with Gasteiger partial charge in [0.25, 0.3) is 0 Å². The number of rotatable bonds is 7. The lowest BCUT2D eigenvalue weighted by Crippen LogP contribution is -2.35. The molecule has 2 atom stereocenters. The highest BCUT2D eigenvalue weighted by atomic mass is 19.1. The van der Waals surface area contributed by atoms with Crippen LogP contribution in [0.15, 0.2) is 18.2 Å². The highest BCUT2D eigenvalue weighted by Gasteiger charge is 2.16. The predicted octanol–water partition coefficient (Wildman–Crippen LogP) is 3.76. The summed E-state index contributed by atoms with van der Waals surface area (Å²) in [5, 5.41) is 3.30. The van der Waals surface area contributed by atoms with Crippen molar-refractivity contribution in [2.24, 2.45) is 5.92 Å². The summed E-state index contributed by atoms with van der Waals surface area (Å²) in [4.78, 5) is 2.37. The number of hydrogen-bond donors (Lipinski definition) is 1. The molecule has 0 saturated carbocycles. The Hall–Kier alpha value is -0.930. The lowest BCUT2D eigenvalue weighted by Gasteiger charge is -2.29. The zero-order valence-corrected chi connectivity index (χ0v) is 13.7. The Labute approximate surface area is 123 Å². The fourth-order valence-electron chi connectivity index (χ4n) is 2.35. The van der Waals surface area contributed by atoms with E-state index in [1.807, 2.05) is 19.2 Å². The predicted molar refractivity (Wildman–Crippen MR) is 84.5 cm³/mol. The topological polar surface area (TPSA) is 15.3 Å². The van der Waals surface area contributed by atoms with Gasteiger partial charge in [-0.25, -0.2) is 4.39 Å². The van der Waals surface area contributed by atoms with E-state index >= 15 is 0 Å². The number of benzene rings is 1. The van der Waals surface area contributed by atoms with E-state index in [1.165, 1.54) is 0 Å². The van der Waals surface area contributed by atoms with Crippen molar-refractivity contribution in [3.63, 3.8) is 0 Å². The summed E-state index contributed by atoms with van der Waals surface area (Å²) in [6.45, 7) is 9.54. The van der Waals surface area contributed by atoms with Gasteiger partial charge in [0, 0.05) is 12.1 Å². The highest BCUT2D eigenvalue weighted by molar-refractivity contribution is 5.25. The number of nitrogens with one attached hydrogen (secondary N) is 1. The molecule has 0 fully saturated rings. The molecule has 0 aliphatic rings. The van der Waals surface area contributed by atoms with Gasteiger partial charge in [0.1, 0.15) is 5.82 Å². The van der Waals surface area contributed by atoms with E-state index in [4.69, 9.17) is 0 Å². The second kappa shape index (κ2) is 7.75. The van der Waals surface area contributed by atoms with Gasteiger partial charge in [0.15, 0.2) is 0 Å². The minimum absolute atomic E-state index is 0.119. The molecule has 114 valence electrons. The Morgan fingerprint density at radius 1 is 1.25 bits per heavy atom. The lowest BCUT2D eigenvalue weighted by atomic mass is 10.0. The van der Waals surface area contributed by atoms with Gasteiger partial charge in [-0.1, -0.05) is 26.0 Å². The quantitative estimate of drug-likeness (QED) is 0.818. The Bertz CT molecular complexity index is 417. The van der Waals surface area contributed by atoms with Crippen LogP contribution in [0.4, 0.5) is 4.39 Å². The van der Waals surface area contributed by atoms with Crippen molar-refractivity contribution < 1.29 is 4.39 Å². The maximum absolute atomic E-state index is 13.7. The van der Waals surface area contributed by atoms with Crippen LogP contribution in [0, 0.1) is 18.7 Å². The third kappa shape index (κ3) is 4.57. The second-order valence-electron chi connectivity index (χ2n) is 6.10. The molecule has 0 aliphatic heterocycles. The molecule has 2 unspecified atom stereocenters. The zero-order valence-electron chi connectivity index (χ0n) is 13.7. The summed E-state index contributed by atoms with van der Waals surface area (Å²) in [6, 6.07) is 6.29. The minimum Gasteiger partial charge on any atom is -0.313 e. The third-order valence-electron chi connectivity index (χ3n) is 4.38. The molecule has 1 rings (SSSR count). The molecule has 2 nitrogen and oxygen atoms in total. The third-order valence-corrected chi connectivity index (χ3v) is 4.38. The van der Waals surface area contributed by atoms with E-state index in [0.717, 1.165) is 18.5 Å². The van der Waals surface area contributed by atoms with E-state index in [2.05, 4.69) is 38.0 Å². The van der Waals surface area contributed by atoms with E-state index in [-0.39, 0.29) is 11.9 Å². The van der Waals surface area contributed by atoms with Gasteiger partial charge in [-0.05, 0) is 64.0 Å². The molecule has 0 saturated heterocycles. The first kappa shape index (κ1) is 17.1. The molecule has 0 radical (unpaired) electrons. The molecule has 0 heterocycles. The molecule has 3 heteroatoms. The van der Waals surface area contributed by atoms with Gasteiger partial charge in [0.2, 0.25) is 0 Å². The van der Waals surface area contributed by atoms with Crippen LogP contribution >= 0.6 is 0 Å². The first-order valence-corrected chi connectivity index (χ1v) is 7.50. The second-order valence-corrected chi connectivity index (χ2v) is 6.10. The molecular formula is C17H29FN2. The molecule has 0 bridgehead atoms. The Morgan fingerprint density at radius 3 is 2.40 bits per heavy atom. The summed E-state index contributed by atoms with van der Waals surface area (Å²) in [5.74, 6) is 0.525. The maximum atomic E-state index is 13.7. The summed E-state index contributed by atoms with van der Waals surface area (Å²) < 4.78 is 13.7. The average molecular weight is 280 g/mol. The van der Waals surface area contributed by atoms with Crippen LogP contribution in [-0.2, 0) is 0 Å². The van der Waals surface area contributed by atoms with Gasteiger partial charge in [-0.3, -0.25) is 0 Å². The first-order chi connectivity index (χ1) is 9.36. The van der Waals surface area contributed by atoms with Crippen LogP contribution in [0.5, 0.6) is 0 Å². The van der Waals surface area contributed by atoms with Crippen molar-refractivity contribution in [1.29, 1.82) is 0 Å². The van der Waals surface area contributed by atoms with Crippen LogP contribution in [-0.4, -0.2) is 31.6 Å². The largest absolute Gasteiger partial charge is 0.313 e. The standard InChI is InChI=1S/C17H29FN2/c1-12(2)14(4)20(6)10-9-17(19-5)15-8-7-13(3)16(18)11-15/h7-8,11-12,14,17,19H,9-10H2,1-6H3. The van der Waals surface area contributed by atoms with Crippen LogP contribution in [0.25, 0.3) is 0 Å². The number of halogens is 1. The van der Waals surface area contributed by atoms with E-state index in [1.54, 1.807) is 13.0 Å². The van der Waals surface area contributed by atoms with Crippen molar-refractivity contribution in [3.05, 3.63) is 35.1 Å². The fourth-order valence-corrected chi connectivity index (χ4v) is 2.35. The molecule has 0 amide bonds. The van der Waals surface area contributed by atoms with Crippen molar-refractivity contribution in [2.75, 3.05) is 20.6 Å². The van der Waals surface area contributed by atoms with Crippen LogP contribution < -0.4 is 5.32 Å². The van der Waals surface area contributed by atoms with Gasteiger partial charge < -0.3 is 10.2 Å². The van der Waals surface area contributed by atoms with Gasteiger partial charge in [-0.2, -0.15) is 0 Å². The number of nitrogens with zero attached hydrogens (tertiary/aromatic N) is 1. The van der Waals surface area contributed by atoms with Crippen molar-refractivity contribution in [2.45, 2.75) is 46.2 Å². The summed E-state index contributed by atoms with van der Waals surface area (Å²) in [5.41, 5.74) is 1.73. The maximum Gasteiger partial charge on any atom is 0.126 e. The Kier molecular flexibility index (Phi) is 6.63. The number of aryl methyl sites for hydroxylation is 1. The average Bonchev–Trinajstić information content (AvgIpc) is 2.41. The normalized spacial score (nSPS) is 14.8. The van der Waals surface area contributed by atoms with E-state index in [0.29, 0.717) is 17.5 Å². The summed E-state index contributed by atoms with van der Waals surface area (Å²) in [6.07, 6.45) is 0.979. The van der Waals surface area contributed by atoms with E-state index < -0.39 is 0 Å². The van der Waals surface area contributed by atoms with Gasteiger partial charge >= 0.3 is 0 Å².